The van der Waals surface area contributed by atoms with E-state index in [1.54, 1.807) is 0 Å². The molecule has 1 rings (SSSR count). The minimum atomic E-state index is -2.85. The quantitative estimate of drug-likeness (QED) is 0.708. The van der Waals surface area contributed by atoms with E-state index < -0.39 is 9.84 Å². The molecule has 15 heavy (non-hydrogen) atoms. The van der Waals surface area contributed by atoms with Gasteiger partial charge in [-0.1, -0.05) is 0 Å². The van der Waals surface area contributed by atoms with E-state index in [1.165, 1.54) is 32.2 Å². The maximum absolute atomic E-state index is 11.0. The summed E-state index contributed by atoms with van der Waals surface area (Å²) in [6, 6.07) is 0.0580. The van der Waals surface area contributed by atoms with Crippen LogP contribution in [0.1, 0.15) is 19.8 Å². The average molecular weight is 234 g/mol. The molecule has 0 saturated carbocycles. The Kier molecular flexibility index (Phi) is 5.02. The molecule has 1 atom stereocenters. The van der Waals surface area contributed by atoms with Crippen LogP contribution in [0.25, 0.3) is 0 Å². The highest BCUT2D eigenvalue weighted by molar-refractivity contribution is 7.90. The predicted molar refractivity (Wildman–Crippen MR) is 62.8 cm³/mol. The third kappa shape index (κ3) is 6.12. The Morgan fingerprint density at radius 1 is 1.33 bits per heavy atom. The van der Waals surface area contributed by atoms with Gasteiger partial charge in [0.05, 0.1) is 5.75 Å². The summed E-state index contributed by atoms with van der Waals surface area (Å²) in [4.78, 5) is 2.42. The van der Waals surface area contributed by atoms with Crippen LogP contribution in [0.4, 0.5) is 0 Å². The molecule has 4 nitrogen and oxygen atoms in total. The highest BCUT2D eigenvalue weighted by atomic mass is 32.2. The Bertz CT molecular complexity index is 271. The highest BCUT2D eigenvalue weighted by Crippen LogP contribution is 2.05. The van der Waals surface area contributed by atoms with Crippen LogP contribution in [0.3, 0.4) is 0 Å². The van der Waals surface area contributed by atoms with E-state index in [9.17, 15) is 8.42 Å². The third-order valence-electron chi connectivity index (χ3n) is 2.67. The van der Waals surface area contributed by atoms with E-state index >= 15 is 0 Å². The van der Waals surface area contributed by atoms with E-state index in [0.29, 0.717) is 0 Å². The van der Waals surface area contributed by atoms with E-state index in [0.717, 1.165) is 13.1 Å². The SMILES string of the molecule is CC(CS(C)(=O)=O)NCCN1CCCC1. The van der Waals surface area contributed by atoms with Crippen molar-refractivity contribution in [1.82, 2.24) is 10.2 Å². The zero-order valence-electron chi connectivity index (χ0n) is 9.70. The Balaban J connectivity index is 2.08. The van der Waals surface area contributed by atoms with Crippen LogP contribution >= 0.6 is 0 Å². The fourth-order valence-electron chi connectivity index (χ4n) is 1.99. The number of nitrogens with zero attached hydrogens (tertiary/aromatic N) is 1. The molecule has 0 aromatic carbocycles. The monoisotopic (exact) mass is 234 g/mol. The zero-order chi connectivity index (χ0) is 11.3. The molecule has 0 aromatic rings. The topological polar surface area (TPSA) is 49.4 Å². The number of rotatable bonds is 6. The van der Waals surface area contributed by atoms with Crippen molar-refractivity contribution in [3.05, 3.63) is 0 Å². The van der Waals surface area contributed by atoms with Gasteiger partial charge in [0.2, 0.25) is 0 Å². The average Bonchev–Trinajstić information content (AvgIpc) is 2.53. The lowest BCUT2D eigenvalue weighted by atomic mass is 10.4. The molecule has 1 fully saturated rings. The van der Waals surface area contributed by atoms with Gasteiger partial charge in [0, 0.05) is 25.4 Å². The lowest BCUT2D eigenvalue weighted by Gasteiger charge is -2.17. The Hall–Kier alpha value is -0.130. The van der Waals surface area contributed by atoms with Crippen molar-refractivity contribution < 1.29 is 8.42 Å². The summed E-state index contributed by atoms with van der Waals surface area (Å²) in [7, 11) is -2.85. The summed E-state index contributed by atoms with van der Waals surface area (Å²) in [6.45, 7) is 6.24. The van der Waals surface area contributed by atoms with E-state index in [2.05, 4.69) is 10.2 Å². The molecule has 1 heterocycles. The van der Waals surface area contributed by atoms with Crippen molar-refractivity contribution in [3.8, 4) is 0 Å². The van der Waals surface area contributed by atoms with E-state index in [-0.39, 0.29) is 11.8 Å². The molecule has 1 aliphatic heterocycles. The Labute approximate surface area is 93.0 Å². The van der Waals surface area contributed by atoms with Crippen molar-refractivity contribution in [3.63, 3.8) is 0 Å². The number of hydrogen-bond acceptors (Lipinski definition) is 4. The van der Waals surface area contributed by atoms with Crippen molar-refractivity contribution in [2.45, 2.75) is 25.8 Å². The van der Waals surface area contributed by atoms with Gasteiger partial charge in [-0.05, 0) is 32.9 Å². The molecule has 0 bridgehead atoms. The van der Waals surface area contributed by atoms with Crippen molar-refractivity contribution in [2.75, 3.05) is 38.2 Å². The van der Waals surface area contributed by atoms with Crippen LogP contribution in [0, 0.1) is 0 Å². The van der Waals surface area contributed by atoms with Gasteiger partial charge in [-0.2, -0.15) is 0 Å². The summed E-state index contributed by atoms with van der Waals surface area (Å²) in [5, 5.41) is 3.25. The first-order chi connectivity index (χ1) is 6.97. The summed E-state index contributed by atoms with van der Waals surface area (Å²) in [5.74, 6) is 0.229. The number of likely N-dealkylation sites (tertiary alicyclic amines) is 1. The molecular weight excluding hydrogens is 212 g/mol. The molecule has 0 amide bonds. The first-order valence-electron chi connectivity index (χ1n) is 5.61. The summed E-state index contributed by atoms with van der Waals surface area (Å²) in [6.07, 6.45) is 3.89. The summed E-state index contributed by atoms with van der Waals surface area (Å²) < 4.78 is 22.0. The molecule has 0 spiro atoms. The van der Waals surface area contributed by atoms with Crippen molar-refractivity contribution >= 4 is 9.84 Å². The molecule has 1 aliphatic rings. The van der Waals surface area contributed by atoms with Crippen LogP contribution in [-0.4, -0.2) is 57.5 Å². The predicted octanol–water partition coefficient (Wildman–Crippen LogP) is 0.105. The van der Waals surface area contributed by atoms with Gasteiger partial charge in [0.25, 0.3) is 0 Å². The van der Waals surface area contributed by atoms with E-state index in [4.69, 9.17) is 0 Å². The molecule has 0 aromatic heterocycles. The standard InChI is InChI=1S/C10H22N2O2S/c1-10(9-15(2,13)14)11-5-8-12-6-3-4-7-12/h10-11H,3-9H2,1-2H3. The summed E-state index contributed by atoms with van der Waals surface area (Å²) >= 11 is 0. The molecule has 5 heteroatoms. The molecule has 1 N–H and O–H groups in total. The fourth-order valence-corrected chi connectivity index (χ4v) is 3.01. The van der Waals surface area contributed by atoms with Crippen LogP contribution in [-0.2, 0) is 9.84 Å². The van der Waals surface area contributed by atoms with Crippen molar-refractivity contribution in [2.24, 2.45) is 0 Å². The zero-order valence-corrected chi connectivity index (χ0v) is 10.5. The first kappa shape index (κ1) is 12.9. The van der Waals surface area contributed by atoms with Crippen LogP contribution in [0.15, 0.2) is 0 Å². The highest BCUT2D eigenvalue weighted by Gasteiger charge is 2.12. The number of nitrogens with one attached hydrogen (secondary N) is 1. The second-order valence-electron chi connectivity index (χ2n) is 4.50. The van der Waals surface area contributed by atoms with Gasteiger partial charge in [-0.15, -0.1) is 0 Å². The molecular formula is C10H22N2O2S. The van der Waals surface area contributed by atoms with Crippen LogP contribution in [0.2, 0.25) is 0 Å². The lowest BCUT2D eigenvalue weighted by molar-refractivity contribution is 0.331. The largest absolute Gasteiger partial charge is 0.312 e. The minimum absolute atomic E-state index is 0.0580. The third-order valence-corrected chi connectivity index (χ3v) is 3.78. The fraction of sp³-hybridized carbons (Fsp3) is 1.00. The maximum Gasteiger partial charge on any atom is 0.148 e. The summed E-state index contributed by atoms with van der Waals surface area (Å²) in [5.41, 5.74) is 0. The molecule has 0 radical (unpaired) electrons. The van der Waals surface area contributed by atoms with Gasteiger partial charge in [0.1, 0.15) is 9.84 Å². The van der Waals surface area contributed by atoms with Gasteiger partial charge in [0.15, 0.2) is 0 Å². The molecule has 1 unspecified atom stereocenters. The van der Waals surface area contributed by atoms with Gasteiger partial charge < -0.3 is 10.2 Å². The van der Waals surface area contributed by atoms with E-state index in [1.807, 2.05) is 6.92 Å². The smallest absolute Gasteiger partial charge is 0.148 e. The van der Waals surface area contributed by atoms with Crippen molar-refractivity contribution in [1.29, 1.82) is 0 Å². The van der Waals surface area contributed by atoms with Gasteiger partial charge in [-0.25, -0.2) is 8.42 Å². The maximum atomic E-state index is 11.0. The number of hydrogen-bond donors (Lipinski definition) is 1. The van der Waals surface area contributed by atoms with Crippen LogP contribution in [0.5, 0.6) is 0 Å². The Morgan fingerprint density at radius 3 is 2.47 bits per heavy atom. The normalized spacial score (nSPS) is 20.7. The second kappa shape index (κ2) is 5.82. The van der Waals surface area contributed by atoms with Gasteiger partial charge >= 0.3 is 0 Å². The lowest BCUT2D eigenvalue weighted by Crippen LogP contribution is -2.38. The van der Waals surface area contributed by atoms with Crippen LogP contribution < -0.4 is 5.32 Å². The number of sulfone groups is 1. The Morgan fingerprint density at radius 2 is 1.93 bits per heavy atom. The van der Waals surface area contributed by atoms with Gasteiger partial charge in [-0.3, -0.25) is 0 Å². The second-order valence-corrected chi connectivity index (χ2v) is 6.68. The molecule has 1 saturated heterocycles. The molecule has 90 valence electrons. The minimum Gasteiger partial charge on any atom is -0.312 e. The molecule has 0 aliphatic carbocycles. The first-order valence-corrected chi connectivity index (χ1v) is 7.67.